The Labute approximate surface area is 244 Å². The number of ether oxygens (including phenoxy) is 1. The highest BCUT2D eigenvalue weighted by molar-refractivity contribution is 7.19. The summed E-state index contributed by atoms with van der Waals surface area (Å²) >= 11 is 1.25. The van der Waals surface area contributed by atoms with Gasteiger partial charge in [-0.2, -0.15) is 8.78 Å². The molecule has 1 aromatic heterocycles. The number of aromatic nitrogens is 1. The first kappa shape index (κ1) is 28.2. The fourth-order valence-electron chi connectivity index (χ4n) is 4.54. The van der Waals surface area contributed by atoms with E-state index >= 15 is 0 Å². The third-order valence-corrected chi connectivity index (χ3v) is 7.50. The maximum Gasteiger partial charge on any atom is 0.432 e. The van der Waals surface area contributed by atoms with E-state index in [0.717, 1.165) is 26.6 Å². The zero-order valence-corrected chi connectivity index (χ0v) is 22.7. The quantitative estimate of drug-likeness (QED) is 0.113. The van der Waals surface area contributed by atoms with Gasteiger partial charge in [0.1, 0.15) is 22.9 Å². The SMILES string of the molecule is Cc1ccc2cc(-c3ccc4nc(C#Cc5cc(F)c(C(F)(F)Oc6cc(F)c(F)c(F)c6)c(F)c5)sc4c3)ccc2c1. The summed E-state index contributed by atoms with van der Waals surface area (Å²) in [5.74, 6) is -4.92. The van der Waals surface area contributed by atoms with Crippen molar-refractivity contribution in [3.63, 3.8) is 0 Å². The van der Waals surface area contributed by atoms with Gasteiger partial charge in [0.05, 0.1) is 10.2 Å². The number of benzene rings is 5. The van der Waals surface area contributed by atoms with Crippen LogP contribution in [-0.4, -0.2) is 4.98 Å². The van der Waals surface area contributed by atoms with Gasteiger partial charge in [0, 0.05) is 17.7 Å². The van der Waals surface area contributed by atoms with Crippen molar-refractivity contribution in [2.24, 2.45) is 0 Å². The van der Waals surface area contributed by atoms with Gasteiger partial charge in [-0.1, -0.05) is 47.9 Å². The van der Waals surface area contributed by atoms with Crippen molar-refractivity contribution in [3.8, 4) is 28.7 Å². The number of hydrogen-bond donors (Lipinski definition) is 0. The Kier molecular flexibility index (Phi) is 7.06. The van der Waals surface area contributed by atoms with Crippen molar-refractivity contribution in [1.29, 1.82) is 0 Å². The minimum Gasteiger partial charge on any atom is -0.429 e. The number of hydrogen-bond acceptors (Lipinski definition) is 3. The molecule has 214 valence electrons. The summed E-state index contributed by atoms with van der Waals surface area (Å²) in [6, 6.07) is 19.5. The molecule has 0 fully saturated rings. The molecule has 0 N–H and O–H groups in total. The Morgan fingerprint density at radius 2 is 1.33 bits per heavy atom. The zero-order valence-electron chi connectivity index (χ0n) is 21.9. The van der Waals surface area contributed by atoms with Crippen molar-refractivity contribution in [3.05, 3.63) is 130 Å². The molecule has 0 amide bonds. The second-order valence-corrected chi connectivity index (χ2v) is 10.7. The highest BCUT2D eigenvalue weighted by atomic mass is 32.1. The molecule has 0 atom stereocenters. The van der Waals surface area contributed by atoms with Gasteiger partial charge < -0.3 is 4.74 Å². The molecule has 2 nitrogen and oxygen atoms in total. The lowest BCUT2D eigenvalue weighted by Gasteiger charge is -2.19. The van der Waals surface area contributed by atoms with Gasteiger partial charge >= 0.3 is 6.11 Å². The smallest absolute Gasteiger partial charge is 0.429 e. The van der Waals surface area contributed by atoms with Crippen molar-refractivity contribution in [2.75, 3.05) is 0 Å². The summed E-state index contributed by atoms with van der Waals surface area (Å²) in [7, 11) is 0. The van der Waals surface area contributed by atoms with E-state index in [4.69, 9.17) is 0 Å². The van der Waals surface area contributed by atoms with Crippen LogP contribution in [0.5, 0.6) is 5.75 Å². The summed E-state index contributed by atoms with van der Waals surface area (Å²) in [5.41, 5.74) is 1.74. The number of nitrogens with zero attached hydrogens (tertiary/aromatic N) is 1. The van der Waals surface area contributed by atoms with E-state index in [1.54, 1.807) is 0 Å². The number of thiazole rings is 1. The fourth-order valence-corrected chi connectivity index (χ4v) is 5.40. The van der Waals surface area contributed by atoms with Gasteiger partial charge in [0.2, 0.25) is 0 Å². The molecule has 1 heterocycles. The van der Waals surface area contributed by atoms with Crippen molar-refractivity contribution >= 4 is 32.3 Å². The van der Waals surface area contributed by atoms with Gasteiger partial charge in [-0.3, -0.25) is 0 Å². The van der Waals surface area contributed by atoms with Gasteiger partial charge in [0.25, 0.3) is 0 Å². The van der Waals surface area contributed by atoms with Crippen molar-refractivity contribution in [1.82, 2.24) is 4.98 Å². The molecule has 6 rings (SSSR count). The van der Waals surface area contributed by atoms with Crippen LogP contribution >= 0.6 is 11.3 Å². The van der Waals surface area contributed by atoms with E-state index in [-0.39, 0.29) is 17.7 Å². The largest absolute Gasteiger partial charge is 0.432 e. The molecular weight excluding hydrogens is 591 g/mol. The second-order valence-electron chi connectivity index (χ2n) is 9.65. The summed E-state index contributed by atoms with van der Waals surface area (Å²) < 4.78 is 103. The number of rotatable bonds is 4. The molecule has 43 heavy (non-hydrogen) atoms. The second kappa shape index (κ2) is 10.7. The number of fused-ring (bicyclic) bond motifs is 2. The van der Waals surface area contributed by atoms with Crippen LogP contribution in [0.3, 0.4) is 0 Å². The number of halogens is 7. The summed E-state index contributed by atoms with van der Waals surface area (Å²) in [5, 5.41) is 2.57. The molecule has 0 saturated carbocycles. The lowest BCUT2D eigenvalue weighted by Crippen LogP contribution is -2.25. The predicted molar refractivity (Wildman–Crippen MR) is 150 cm³/mol. The van der Waals surface area contributed by atoms with E-state index in [1.807, 2.05) is 37.3 Å². The lowest BCUT2D eigenvalue weighted by molar-refractivity contribution is -0.189. The van der Waals surface area contributed by atoms with Gasteiger partial charge in [-0.05, 0) is 65.1 Å². The first-order chi connectivity index (χ1) is 20.5. The Hall–Kier alpha value is -4.88. The normalized spacial score (nSPS) is 11.5. The van der Waals surface area contributed by atoms with Crippen molar-refractivity contribution < 1.29 is 35.5 Å². The molecule has 0 bridgehead atoms. The Bertz CT molecular complexity index is 2080. The van der Waals surface area contributed by atoms with Gasteiger partial charge in [-0.15, -0.1) is 11.3 Å². The Balaban J connectivity index is 1.25. The van der Waals surface area contributed by atoms with Crippen molar-refractivity contribution in [2.45, 2.75) is 13.0 Å². The molecule has 0 saturated heterocycles. The van der Waals surface area contributed by atoms with Crippen LogP contribution < -0.4 is 4.74 Å². The molecule has 0 aliphatic rings. The Morgan fingerprint density at radius 1 is 0.698 bits per heavy atom. The molecule has 10 heteroatoms. The van der Waals surface area contributed by atoms with Crippen LogP contribution in [0.15, 0.2) is 78.9 Å². The van der Waals surface area contributed by atoms with E-state index in [1.165, 1.54) is 16.9 Å². The van der Waals surface area contributed by atoms with E-state index in [2.05, 4.69) is 45.8 Å². The topological polar surface area (TPSA) is 22.1 Å². The summed E-state index contributed by atoms with van der Waals surface area (Å²) in [4.78, 5) is 4.42. The molecule has 0 aliphatic carbocycles. The standard InChI is InChI=1S/C33H16F7NOS/c1-17-2-4-20-13-21(6-5-19(20)10-17)22-7-8-28-29(14-22)43-30(41-28)9-3-18-11-24(34)31(25(35)12-18)33(39,40)42-23-15-26(36)32(38)27(37)16-23/h2,4-8,10-16H,1H3. The summed E-state index contributed by atoms with van der Waals surface area (Å²) in [6.07, 6.45) is -4.69. The van der Waals surface area contributed by atoms with E-state index in [9.17, 15) is 30.7 Å². The molecule has 0 spiro atoms. The molecule has 5 aromatic carbocycles. The highest BCUT2D eigenvalue weighted by Gasteiger charge is 2.41. The molecule has 6 aromatic rings. The number of alkyl halides is 2. The van der Waals surface area contributed by atoms with Crippen LogP contribution in [0.4, 0.5) is 30.7 Å². The van der Waals surface area contributed by atoms with Crippen LogP contribution in [0.2, 0.25) is 0 Å². The average Bonchev–Trinajstić information content (AvgIpc) is 3.36. The minimum atomic E-state index is -4.69. The van der Waals surface area contributed by atoms with Crippen LogP contribution in [0.1, 0.15) is 21.7 Å². The van der Waals surface area contributed by atoms with E-state index in [0.29, 0.717) is 22.7 Å². The maximum atomic E-state index is 14.7. The molecule has 0 radical (unpaired) electrons. The monoisotopic (exact) mass is 607 g/mol. The van der Waals surface area contributed by atoms with Crippen LogP contribution in [0.25, 0.3) is 32.1 Å². The lowest BCUT2D eigenvalue weighted by atomic mass is 10.0. The molecular formula is C33H16F7NOS. The first-order valence-corrected chi connectivity index (χ1v) is 13.4. The average molecular weight is 608 g/mol. The van der Waals surface area contributed by atoms with Gasteiger partial charge in [0.15, 0.2) is 22.5 Å². The van der Waals surface area contributed by atoms with Crippen LogP contribution in [0, 0.1) is 47.9 Å². The fraction of sp³-hybridized carbons (Fsp3) is 0.0606. The van der Waals surface area contributed by atoms with Crippen LogP contribution in [-0.2, 0) is 6.11 Å². The predicted octanol–water partition coefficient (Wildman–Crippen LogP) is 9.65. The minimum absolute atomic E-state index is 0.130. The number of aryl methyl sites for hydroxylation is 1. The Morgan fingerprint density at radius 3 is 2.05 bits per heavy atom. The van der Waals surface area contributed by atoms with Gasteiger partial charge in [-0.25, -0.2) is 26.9 Å². The van der Waals surface area contributed by atoms with E-state index < -0.39 is 46.5 Å². The maximum absolute atomic E-state index is 14.7. The molecule has 0 aliphatic heterocycles. The third-order valence-electron chi connectivity index (χ3n) is 6.57. The first-order valence-electron chi connectivity index (χ1n) is 12.6. The zero-order chi connectivity index (χ0) is 30.5. The highest BCUT2D eigenvalue weighted by Crippen LogP contribution is 2.36. The third kappa shape index (κ3) is 5.64. The molecule has 0 unspecified atom stereocenters. The summed E-state index contributed by atoms with van der Waals surface area (Å²) in [6.45, 7) is 2.04.